The molecule has 8 heteroatoms. The first-order valence-electron chi connectivity index (χ1n) is 8.63. The van der Waals surface area contributed by atoms with Crippen LogP contribution < -0.4 is 21.7 Å². The van der Waals surface area contributed by atoms with Gasteiger partial charge in [0.2, 0.25) is 5.91 Å². The summed E-state index contributed by atoms with van der Waals surface area (Å²) in [5.41, 5.74) is 7.84. The number of aromatic nitrogens is 1. The van der Waals surface area contributed by atoms with Gasteiger partial charge in [-0.2, -0.15) is 0 Å². The highest BCUT2D eigenvalue weighted by Gasteiger charge is 2.07. The van der Waals surface area contributed by atoms with Gasteiger partial charge in [-0.3, -0.25) is 10.1 Å². The molecule has 7 nitrogen and oxygen atoms in total. The van der Waals surface area contributed by atoms with Gasteiger partial charge < -0.3 is 16.4 Å². The molecule has 1 aromatic heterocycles. The largest absolute Gasteiger partial charge is 0.369 e. The minimum absolute atomic E-state index is 0. The van der Waals surface area contributed by atoms with Crippen LogP contribution in [0.5, 0.6) is 0 Å². The normalized spacial score (nSPS) is 10.0. The molecular formula is C20H22ClN5O2. The van der Waals surface area contributed by atoms with E-state index in [-0.39, 0.29) is 30.8 Å². The highest BCUT2D eigenvalue weighted by atomic mass is 35.5. The average Bonchev–Trinajstić information content (AvgIpc) is 2.62. The average molecular weight is 400 g/mol. The molecule has 3 rings (SSSR count). The summed E-state index contributed by atoms with van der Waals surface area (Å²) in [4.78, 5) is 27.1. The lowest BCUT2D eigenvalue weighted by atomic mass is 10.1. The topological polar surface area (TPSA) is 109 Å². The molecule has 0 aliphatic rings. The van der Waals surface area contributed by atoms with Crippen LogP contribution in [0.4, 0.5) is 22.0 Å². The van der Waals surface area contributed by atoms with Gasteiger partial charge in [0.25, 0.3) is 0 Å². The van der Waals surface area contributed by atoms with E-state index in [2.05, 4.69) is 20.9 Å². The number of benzene rings is 2. The van der Waals surface area contributed by atoms with Crippen LogP contribution in [-0.4, -0.2) is 23.5 Å². The maximum atomic E-state index is 11.7. The van der Waals surface area contributed by atoms with Gasteiger partial charge in [0, 0.05) is 29.5 Å². The van der Waals surface area contributed by atoms with Crippen LogP contribution in [0.25, 0.3) is 10.8 Å². The van der Waals surface area contributed by atoms with E-state index >= 15 is 0 Å². The van der Waals surface area contributed by atoms with Crippen molar-refractivity contribution in [1.29, 1.82) is 0 Å². The molecule has 0 spiro atoms. The van der Waals surface area contributed by atoms with E-state index in [9.17, 15) is 9.59 Å². The van der Waals surface area contributed by atoms with Gasteiger partial charge >= 0.3 is 6.03 Å². The Morgan fingerprint density at radius 2 is 1.89 bits per heavy atom. The van der Waals surface area contributed by atoms with Gasteiger partial charge in [0.05, 0.1) is 6.42 Å². The minimum atomic E-state index is -0.367. The quantitative estimate of drug-likeness (QED) is 0.508. The molecule has 146 valence electrons. The molecule has 0 saturated heterocycles. The van der Waals surface area contributed by atoms with Crippen molar-refractivity contribution < 1.29 is 9.59 Å². The summed E-state index contributed by atoms with van der Waals surface area (Å²) in [6.07, 6.45) is 1.91. The number of primary amides is 1. The number of urea groups is 1. The van der Waals surface area contributed by atoms with Crippen LogP contribution >= 0.6 is 12.4 Å². The van der Waals surface area contributed by atoms with Crippen molar-refractivity contribution in [2.75, 3.05) is 17.2 Å². The first kappa shape index (κ1) is 21.0. The van der Waals surface area contributed by atoms with Crippen LogP contribution in [0, 0.1) is 0 Å². The molecule has 0 aliphatic heterocycles. The second-order valence-corrected chi connectivity index (χ2v) is 6.05. The van der Waals surface area contributed by atoms with E-state index in [4.69, 9.17) is 5.73 Å². The molecule has 0 saturated carbocycles. The molecule has 3 amide bonds. The van der Waals surface area contributed by atoms with Crippen molar-refractivity contribution in [2.24, 2.45) is 5.73 Å². The van der Waals surface area contributed by atoms with Crippen LogP contribution in [0.15, 0.2) is 54.7 Å². The standard InChI is InChI=1S/C20H21N5O2.ClH/c1-2-22-20(27)25-19-11-14-6-4-8-17(16(14)12-23-19)24-15-7-3-5-13(9-15)10-18(21)26;/h3-9,11-12,24H,2,10H2,1H3,(H2,21,26)(H2,22,23,25,27);1H. The number of carbonyl (C=O) groups excluding carboxylic acids is 2. The van der Waals surface area contributed by atoms with Gasteiger partial charge in [0.1, 0.15) is 5.82 Å². The number of amides is 3. The number of pyridine rings is 1. The number of halogens is 1. The van der Waals surface area contributed by atoms with E-state index in [0.717, 1.165) is 27.7 Å². The lowest BCUT2D eigenvalue weighted by molar-refractivity contribution is -0.117. The van der Waals surface area contributed by atoms with E-state index in [0.29, 0.717) is 12.4 Å². The molecule has 3 aromatic rings. The van der Waals surface area contributed by atoms with E-state index in [1.807, 2.05) is 55.5 Å². The zero-order valence-corrected chi connectivity index (χ0v) is 16.2. The van der Waals surface area contributed by atoms with E-state index in [1.165, 1.54) is 0 Å². The third-order valence-electron chi connectivity index (χ3n) is 3.93. The number of hydrogen-bond acceptors (Lipinski definition) is 4. The summed E-state index contributed by atoms with van der Waals surface area (Å²) >= 11 is 0. The van der Waals surface area contributed by atoms with Crippen LogP contribution in [0.2, 0.25) is 0 Å². The third-order valence-corrected chi connectivity index (χ3v) is 3.93. The van der Waals surface area contributed by atoms with Gasteiger partial charge in [-0.05, 0) is 42.1 Å². The van der Waals surface area contributed by atoms with E-state index < -0.39 is 0 Å². The number of nitrogens with two attached hydrogens (primary N) is 1. The number of nitrogens with one attached hydrogen (secondary N) is 3. The highest BCUT2D eigenvalue weighted by molar-refractivity contribution is 5.97. The second kappa shape index (κ2) is 9.57. The lowest BCUT2D eigenvalue weighted by Gasteiger charge is -2.12. The zero-order valence-electron chi connectivity index (χ0n) is 15.4. The molecule has 28 heavy (non-hydrogen) atoms. The van der Waals surface area contributed by atoms with Gasteiger partial charge in [-0.1, -0.05) is 24.3 Å². The van der Waals surface area contributed by atoms with Crippen LogP contribution in [0.1, 0.15) is 12.5 Å². The van der Waals surface area contributed by atoms with Crippen LogP contribution in [0.3, 0.4) is 0 Å². The summed E-state index contributed by atoms with van der Waals surface area (Å²) in [7, 11) is 0. The predicted molar refractivity (Wildman–Crippen MR) is 114 cm³/mol. The molecule has 0 fully saturated rings. The summed E-state index contributed by atoms with van der Waals surface area (Å²) in [6, 6.07) is 14.9. The van der Waals surface area contributed by atoms with Crippen molar-refractivity contribution in [3.8, 4) is 0 Å². The molecule has 0 bridgehead atoms. The maximum absolute atomic E-state index is 11.7. The monoisotopic (exact) mass is 399 g/mol. The zero-order chi connectivity index (χ0) is 19.2. The number of anilines is 3. The molecule has 5 N–H and O–H groups in total. The third kappa shape index (κ3) is 5.34. The van der Waals surface area contributed by atoms with Crippen LogP contribution in [-0.2, 0) is 11.2 Å². The first-order valence-corrected chi connectivity index (χ1v) is 8.63. The smallest absolute Gasteiger partial charge is 0.320 e. The Bertz CT molecular complexity index is 993. The summed E-state index contributed by atoms with van der Waals surface area (Å²) in [5, 5.41) is 10.6. The van der Waals surface area contributed by atoms with Crippen molar-refractivity contribution >= 4 is 52.3 Å². The maximum Gasteiger partial charge on any atom is 0.320 e. The number of carbonyl (C=O) groups is 2. The minimum Gasteiger partial charge on any atom is -0.369 e. The SMILES string of the molecule is CCNC(=O)Nc1cc2cccc(Nc3cccc(CC(N)=O)c3)c2cn1.Cl. The van der Waals surface area contributed by atoms with E-state index in [1.54, 1.807) is 6.20 Å². The molecule has 0 radical (unpaired) electrons. The molecule has 0 atom stereocenters. The van der Waals surface area contributed by atoms with Crippen molar-refractivity contribution in [3.05, 3.63) is 60.3 Å². The number of hydrogen-bond donors (Lipinski definition) is 4. The summed E-state index contributed by atoms with van der Waals surface area (Å²) in [6.45, 7) is 2.39. The fraction of sp³-hybridized carbons (Fsp3) is 0.150. The van der Waals surface area contributed by atoms with Crippen molar-refractivity contribution in [2.45, 2.75) is 13.3 Å². The Morgan fingerprint density at radius 3 is 2.64 bits per heavy atom. The summed E-state index contributed by atoms with van der Waals surface area (Å²) in [5.74, 6) is 0.114. The van der Waals surface area contributed by atoms with Gasteiger partial charge in [-0.15, -0.1) is 12.4 Å². The fourth-order valence-corrected chi connectivity index (χ4v) is 2.79. The molecule has 0 unspecified atom stereocenters. The molecule has 1 heterocycles. The first-order chi connectivity index (χ1) is 13.0. The Morgan fingerprint density at radius 1 is 1.11 bits per heavy atom. The number of rotatable bonds is 6. The second-order valence-electron chi connectivity index (χ2n) is 6.05. The Hall–Kier alpha value is -3.32. The Balaban J connectivity index is 0.00000280. The number of fused-ring (bicyclic) bond motifs is 1. The lowest BCUT2D eigenvalue weighted by Crippen LogP contribution is -2.28. The van der Waals surface area contributed by atoms with Gasteiger partial charge in [-0.25, -0.2) is 9.78 Å². The Labute approximate surface area is 169 Å². The van der Waals surface area contributed by atoms with Crippen molar-refractivity contribution in [3.63, 3.8) is 0 Å². The summed E-state index contributed by atoms with van der Waals surface area (Å²) < 4.78 is 0. The highest BCUT2D eigenvalue weighted by Crippen LogP contribution is 2.27. The fourth-order valence-electron chi connectivity index (χ4n) is 2.79. The molecule has 2 aromatic carbocycles. The predicted octanol–water partition coefficient (Wildman–Crippen LogP) is 3.57. The Kier molecular flexibility index (Phi) is 7.17. The van der Waals surface area contributed by atoms with Gasteiger partial charge in [0.15, 0.2) is 0 Å². The molecule has 0 aliphatic carbocycles. The number of nitrogens with zero attached hydrogens (tertiary/aromatic N) is 1. The molecular weight excluding hydrogens is 378 g/mol. The van der Waals surface area contributed by atoms with Crippen molar-refractivity contribution in [1.82, 2.24) is 10.3 Å².